The second-order valence-electron chi connectivity index (χ2n) is 5.30. The third kappa shape index (κ3) is 4.72. The predicted octanol–water partition coefficient (Wildman–Crippen LogP) is 2.73. The third-order valence-electron chi connectivity index (χ3n) is 3.31. The molecule has 1 atom stereocenters. The molecule has 2 heterocycles. The van der Waals surface area contributed by atoms with E-state index < -0.39 is 0 Å². The summed E-state index contributed by atoms with van der Waals surface area (Å²) in [6.07, 6.45) is 8.46. The van der Waals surface area contributed by atoms with E-state index in [2.05, 4.69) is 40.8 Å². The smallest absolute Gasteiger partial charge is 0.0943 e. The Morgan fingerprint density at radius 1 is 1.45 bits per heavy atom. The van der Waals surface area contributed by atoms with E-state index in [1.165, 1.54) is 17.0 Å². The average Bonchev–Trinajstić information content (AvgIpc) is 3.01. The Morgan fingerprint density at radius 2 is 2.30 bits per heavy atom. The highest BCUT2D eigenvalue weighted by atomic mass is 32.1. The second kappa shape index (κ2) is 7.55. The van der Waals surface area contributed by atoms with Gasteiger partial charge in [-0.3, -0.25) is 4.68 Å². The van der Waals surface area contributed by atoms with Gasteiger partial charge in [-0.15, -0.1) is 11.3 Å². The van der Waals surface area contributed by atoms with Crippen LogP contribution in [0.4, 0.5) is 0 Å². The summed E-state index contributed by atoms with van der Waals surface area (Å²) in [5.74, 6) is 0. The molecule has 1 unspecified atom stereocenters. The first-order chi connectivity index (χ1) is 9.67. The van der Waals surface area contributed by atoms with E-state index in [0.717, 1.165) is 31.5 Å². The number of thiazole rings is 1. The maximum Gasteiger partial charge on any atom is 0.0943 e. The van der Waals surface area contributed by atoms with Crippen LogP contribution in [0.5, 0.6) is 0 Å². The van der Waals surface area contributed by atoms with Crippen LogP contribution in [-0.2, 0) is 19.9 Å². The molecule has 0 saturated carbocycles. The van der Waals surface area contributed by atoms with Crippen molar-refractivity contribution in [3.8, 4) is 0 Å². The Balaban J connectivity index is 1.89. The molecule has 0 aliphatic rings. The van der Waals surface area contributed by atoms with Crippen LogP contribution in [-0.4, -0.2) is 27.4 Å². The Labute approximate surface area is 125 Å². The van der Waals surface area contributed by atoms with Crippen molar-refractivity contribution in [3.05, 3.63) is 34.0 Å². The lowest BCUT2D eigenvalue weighted by molar-refractivity contribution is 0.476. The lowest BCUT2D eigenvalue weighted by Crippen LogP contribution is -2.32. The molecule has 2 rings (SSSR count). The Hall–Kier alpha value is -1.20. The number of nitrogens with zero attached hydrogens (tertiary/aromatic N) is 3. The molecule has 5 heteroatoms. The molecule has 0 bridgehead atoms. The molecule has 0 saturated heterocycles. The first-order valence-corrected chi connectivity index (χ1v) is 8.17. The first-order valence-electron chi connectivity index (χ1n) is 7.29. The van der Waals surface area contributed by atoms with E-state index in [4.69, 9.17) is 0 Å². The van der Waals surface area contributed by atoms with Crippen molar-refractivity contribution in [1.29, 1.82) is 0 Å². The maximum absolute atomic E-state index is 4.58. The van der Waals surface area contributed by atoms with Crippen LogP contribution in [0.25, 0.3) is 0 Å². The highest BCUT2D eigenvalue weighted by Gasteiger charge is 2.12. The number of aryl methyl sites for hydroxylation is 3. The number of aromatic nitrogens is 3. The fourth-order valence-corrected chi connectivity index (χ4v) is 3.13. The van der Waals surface area contributed by atoms with Crippen LogP contribution in [0.1, 0.15) is 36.0 Å². The van der Waals surface area contributed by atoms with Crippen LogP contribution < -0.4 is 5.32 Å². The predicted molar refractivity (Wildman–Crippen MR) is 84.2 cm³/mol. The zero-order valence-electron chi connectivity index (χ0n) is 12.6. The fourth-order valence-electron chi connectivity index (χ4n) is 2.27. The van der Waals surface area contributed by atoms with E-state index in [1.807, 2.05) is 17.9 Å². The summed E-state index contributed by atoms with van der Waals surface area (Å²) < 4.78 is 1.87. The number of hydrogen-bond donors (Lipinski definition) is 1. The van der Waals surface area contributed by atoms with E-state index in [9.17, 15) is 0 Å². The van der Waals surface area contributed by atoms with Gasteiger partial charge in [0.05, 0.1) is 11.2 Å². The van der Waals surface area contributed by atoms with Crippen LogP contribution in [0.15, 0.2) is 17.8 Å². The van der Waals surface area contributed by atoms with Gasteiger partial charge in [-0.25, -0.2) is 4.98 Å². The van der Waals surface area contributed by atoms with E-state index in [1.54, 1.807) is 11.3 Å². The molecule has 0 aliphatic carbocycles. The van der Waals surface area contributed by atoms with Crippen molar-refractivity contribution < 1.29 is 0 Å². The molecular formula is C15H24N4S. The third-order valence-corrected chi connectivity index (χ3v) is 4.30. The zero-order chi connectivity index (χ0) is 14.4. The molecule has 2 aromatic rings. The highest BCUT2D eigenvalue weighted by molar-refractivity contribution is 7.09. The van der Waals surface area contributed by atoms with Crippen LogP contribution in [0.2, 0.25) is 0 Å². The molecule has 0 radical (unpaired) electrons. The molecule has 1 N–H and O–H groups in total. The van der Waals surface area contributed by atoms with Gasteiger partial charge in [0.2, 0.25) is 0 Å². The second-order valence-corrected chi connectivity index (χ2v) is 6.24. The molecular weight excluding hydrogens is 268 g/mol. The summed E-state index contributed by atoms with van der Waals surface area (Å²) in [5, 5.41) is 11.2. The van der Waals surface area contributed by atoms with Crippen molar-refractivity contribution in [2.45, 2.75) is 45.6 Å². The molecule has 2 aromatic heterocycles. The van der Waals surface area contributed by atoms with Crippen molar-refractivity contribution in [2.24, 2.45) is 7.05 Å². The van der Waals surface area contributed by atoms with Gasteiger partial charge < -0.3 is 5.32 Å². The number of nitrogens with one attached hydrogen (secondary N) is 1. The fraction of sp³-hybridized carbons (Fsp3) is 0.600. The largest absolute Gasteiger partial charge is 0.314 e. The molecule has 4 nitrogen and oxygen atoms in total. The Bertz CT molecular complexity index is 517. The van der Waals surface area contributed by atoms with E-state index >= 15 is 0 Å². The molecule has 0 spiro atoms. The van der Waals surface area contributed by atoms with Crippen LogP contribution in [0, 0.1) is 6.92 Å². The minimum Gasteiger partial charge on any atom is -0.314 e. The monoisotopic (exact) mass is 292 g/mol. The first kappa shape index (κ1) is 15.2. The van der Waals surface area contributed by atoms with E-state index in [-0.39, 0.29) is 0 Å². The minimum atomic E-state index is 0.501. The molecule has 0 amide bonds. The SMILES string of the molecule is CCCNC(CCc1cnn(C)c1)Cc1nc(C)cs1. The summed E-state index contributed by atoms with van der Waals surface area (Å²) in [5.41, 5.74) is 2.44. The van der Waals surface area contributed by atoms with Crippen molar-refractivity contribution >= 4 is 11.3 Å². The van der Waals surface area contributed by atoms with Crippen LogP contribution in [0.3, 0.4) is 0 Å². The van der Waals surface area contributed by atoms with Gasteiger partial charge in [0.15, 0.2) is 0 Å². The molecule has 20 heavy (non-hydrogen) atoms. The lowest BCUT2D eigenvalue weighted by Gasteiger charge is -2.17. The summed E-state index contributed by atoms with van der Waals surface area (Å²) in [6, 6.07) is 0.501. The topological polar surface area (TPSA) is 42.7 Å². The van der Waals surface area contributed by atoms with Crippen molar-refractivity contribution in [2.75, 3.05) is 6.54 Å². The number of rotatable bonds is 8. The number of hydrogen-bond acceptors (Lipinski definition) is 4. The van der Waals surface area contributed by atoms with Crippen LogP contribution >= 0.6 is 11.3 Å². The minimum absolute atomic E-state index is 0.501. The van der Waals surface area contributed by atoms with Gasteiger partial charge in [-0.1, -0.05) is 6.92 Å². The zero-order valence-corrected chi connectivity index (χ0v) is 13.4. The quantitative estimate of drug-likeness (QED) is 0.813. The maximum atomic E-state index is 4.58. The summed E-state index contributed by atoms with van der Waals surface area (Å²) in [7, 11) is 1.97. The van der Waals surface area contributed by atoms with Crippen molar-refractivity contribution in [1.82, 2.24) is 20.1 Å². The molecule has 0 aliphatic heterocycles. The Morgan fingerprint density at radius 3 is 2.90 bits per heavy atom. The molecule has 110 valence electrons. The highest BCUT2D eigenvalue weighted by Crippen LogP contribution is 2.14. The van der Waals surface area contributed by atoms with Gasteiger partial charge in [0.25, 0.3) is 0 Å². The summed E-state index contributed by atoms with van der Waals surface area (Å²) >= 11 is 1.77. The normalized spacial score (nSPS) is 12.8. The lowest BCUT2D eigenvalue weighted by atomic mass is 10.1. The van der Waals surface area contributed by atoms with Gasteiger partial charge in [0.1, 0.15) is 0 Å². The van der Waals surface area contributed by atoms with Gasteiger partial charge in [0, 0.05) is 36.8 Å². The van der Waals surface area contributed by atoms with E-state index in [0.29, 0.717) is 6.04 Å². The van der Waals surface area contributed by atoms with Crippen molar-refractivity contribution in [3.63, 3.8) is 0 Å². The summed E-state index contributed by atoms with van der Waals surface area (Å²) in [6.45, 7) is 5.34. The van der Waals surface area contributed by atoms with Gasteiger partial charge in [-0.2, -0.15) is 5.10 Å². The Kier molecular flexibility index (Phi) is 5.73. The average molecular weight is 292 g/mol. The summed E-state index contributed by atoms with van der Waals surface area (Å²) in [4.78, 5) is 4.58. The van der Waals surface area contributed by atoms with Gasteiger partial charge >= 0.3 is 0 Å². The molecule has 0 aromatic carbocycles. The standard InChI is InChI=1S/C15H24N4S/c1-4-7-16-14(8-15-18-12(2)11-20-15)6-5-13-9-17-19(3)10-13/h9-11,14,16H,4-8H2,1-3H3. The molecule has 0 fully saturated rings. The van der Waals surface area contributed by atoms with Gasteiger partial charge in [-0.05, 0) is 38.3 Å².